The van der Waals surface area contributed by atoms with Crippen LogP contribution in [0.2, 0.25) is 0 Å². The van der Waals surface area contributed by atoms with E-state index in [2.05, 4.69) is 35.2 Å². The molecule has 25 heavy (non-hydrogen) atoms. The molecular formula is C20H29N3O2. The first-order chi connectivity index (χ1) is 12.1. The molecule has 0 aromatic carbocycles. The topological polar surface area (TPSA) is 67.0 Å². The summed E-state index contributed by atoms with van der Waals surface area (Å²) in [6.45, 7) is 6.25. The number of imidazole rings is 1. The van der Waals surface area contributed by atoms with E-state index in [4.69, 9.17) is 4.74 Å². The number of H-pyrrole nitrogens is 1. The fraction of sp³-hybridized carbons (Fsp3) is 0.700. The molecule has 5 heteroatoms. The zero-order valence-corrected chi connectivity index (χ0v) is 15.3. The number of rotatable bonds is 5. The molecule has 136 valence electrons. The van der Waals surface area contributed by atoms with Crippen LogP contribution < -0.4 is 5.32 Å². The van der Waals surface area contributed by atoms with E-state index in [0.29, 0.717) is 12.5 Å². The Morgan fingerprint density at radius 1 is 1.48 bits per heavy atom. The highest BCUT2D eigenvalue weighted by Gasteiger charge is 2.51. The first-order valence-corrected chi connectivity index (χ1v) is 9.67. The highest BCUT2D eigenvalue weighted by molar-refractivity contribution is 5.76. The van der Waals surface area contributed by atoms with Gasteiger partial charge in [-0.1, -0.05) is 31.9 Å². The Morgan fingerprint density at radius 2 is 2.36 bits per heavy atom. The van der Waals surface area contributed by atoms with Crippen LogP contribution in [-0.4, -0.2) is 35.1 Å². The van der Waals surface area contributed by atoms with Crippen molar-refractivity contribution in [3.63, 3.8) is 0 Å². The molecule has 5 atom stereocenters. The van der Waals surface area contributed by atoms with Crippen molar-refractivity contribution in [2.45, 2.75) is 52.1 Å². The number of hydrogen-bond acceptors (Lipinski definition) is 4. The summed E-state index contributed by atoms with van der Waals surface area (Å²) in [5, 5.41) is 3.44. The molecule has 1 saturated carbocycles. The van der Waals surface area contributed by atoms with E-state index in [1.165, 1.54) is 19.3 Å². The van der Waals surface area contributed by atoms with Crippen LogP contribution in [0.3, 0.4) is 0 Å². The lowest BCUT2D eigenvalue weighted by atomic mass is 9.59. The van der Waals surface area contributed by atoms with Crippen LogP contribution in [-0.2, 0) is 16.0 Å². The average Bonchev–Trinajstić information content (AvgIpc) is 3.17. The fourth-order valence-corrected chi connectivity index (χ4v) is 5.18. The van der Waals surface area contributed by atoms with Gasteiger partial charge < -0.3 is 15.0 Å². The first-order valence-electron chi connectivity index (χ1n) is 9.67. The standard InChI is InChI=1S/C20H29N3O2/c1-13-4-3-6-20(2)9-18-15(8-17(13)20)16(19(24)25-18)11-21-7-5-14-10-22-12-23-14/h8,10,12-13,15-16,18,21H,3-7,9,11H2,1-2H3,(H,22,23). The normalized spacial score (nSPS) is 37.2. The predicted octanol–water partition coefficient (Wildman–Crippen LogP) is 2.86. The lowest BCUT2D eigenvalue weighted by Crippen LogP contribution is -2.40. The Balaban J connectivity index is 1.42. The first kappa shape index (κ1) is 16.8. The van der Waals surface area contributed by atoms with Crippen LogP contribution in [0.15, 0.2) is 24.2 Å². The van der Waals surface area contributed by atoms with Gasteiger partial charge in [-0.3, -0.25) is 4.79 Å². The Bertz CT molecular complexity index is 654. The van der Waals surface area contributed by atoms with Gasteiger partial charge in [0.25, 0.3) is 0 Å². The lowest BCUT2D eigenvalue weighted by molar-refractivity contribution is -0.145. The third-order valence-corrected chi connectivity index (χ3v) is 6.57. The second kappa shape index (κ2) is 6.60. The lowest BCUT2D eigenvalue weighted by Gasteiger charge is -2.46. The number of esters is 1. The maximum atomic E-state index is 12.4. The number of ether oxygens (including phenoxy) is 1. The average molecular weight is 343 g/mol. The van der Waals surface area contributed by atoms with Gasteiger partial charge in [0.05, 0.1) is 12.2 Å². The van der Waals surface area contributed by atoms with Gasteiger partial charge in [0, 0.05) is 37.3 Å². The van der Waals surface area contributed by atoms with Crippen molar-refractivity contribution in [3.05, 3.63) is 29.9 Å². The zero-order chi connectivity index (χ0) is 17.4. The number of carbonyl (C=O) groups excluding carboxylic acids is 1. The number of hydrogen-bond donors (Lipinski definition) is 2. The molecule has 0 spiro atoms. The SMILES string of the molecule is CC1CCCC2(C)CC3OC(=O)C(CNCCc4cnc[nH]4)C3C=C12. The Morgan fingerprint density at radius 3 is 3.16 bits per heavy atom. The van der Waals surface area contributed by atoms with E-state index in [0.717, 1.165) is 25.1 Å². The monoisotopic (exact) mass is 343 g/mol. The minimum Gasteiger partial charge on any atom is -0.461 e. The van der Waals surface area contributed by atoms with Crippen molar-refractivity contribution in [1.29, 1.82) is 0 Å². The largest absolute Gasteiger partial charge is 0.461 e. The van der Waals surface area contributed by atoms with Crippen molar-refractivity contribution in [2.24, 2.45) is 23.2 Å². The quantitative estimate of drug-likeness (QED) is 0.490. The molecule has 5 unspecified atom stereocenters. The van der Waals surface area contributed by atoms with Gasteiger partial charge in [-0.25, -0.2) is 4.98 Å². The summed E-state index contributed by atoms with van der Waals surface area (Å²) in [4.78, 5) is 19.6. The van der Waals surface area contributed by atoms with Crippen LogP contribution in [0.4, 0.5) is 0 Å². The molecule has 3 aliphatic rings. The van der Waals surface area contributed by atoms with Crippen molar-refractivity contribution in [2.75, 3.05) is 13.1 Å². The van der Waals surface area contributed by atoms with Gasteiger partial charge in [0.1, 0.15) is 6.10 Å². The minimum atomic E-state index is -0.0436. The van der Waals surface area contributed by atoms with Gasteiger partial charge in [-0.15, -0.1) is 0 Å². The van der Waals surface area contributed by atoms with Crippen molar-refractivity contribution in [1.82, 2.24) is 15.3 Å². The summed E-state index contributed by atoms with van der Waals surface area (Å²) in [7, 11) is 0. The van der Waals surface area contributed by atoms with Crippen LogP contribution >= 0.6 is 0 Å². The summed E-state index contributed by atoms with van der Waals surface area (Å²) in [5.74, 6) is 0.828. The number of carbonyl (C=O) groups is 1. The van der Waals surface area contributed by atoms with E-state index in [9.17, 15) is 4.79 Å². The third kappa shape index (κ3) is 3.14. The van der Waals surface area contributed by atoms with Gasteiger partial charge >= 0.3 is 5.97 Å². The smallest absolute Gasteiger partial charge is 0.311 e. The van der Waals surface area contributed by atoms with Gasteiger partial charge in [0.2, 0.25) is 0 Å². The molecule has 0 bridgehead atoms. The van der Waals surface area contributed by atoms with E-state index in [-0.39, 0.29) is 29.3 Å². The fourth-order valence-electron chi connectivity index (χ4n) is 5.18. The summed E-state index contributed by atoms with van der Waals surface area (Å²) >= 11 is 0. The van der Waals surface area contributed by atoms with Gasteiger partial charge in [-0.2, -0.15) is 0 Å². The van der Waals surface area contributed by atoms with Gasteiger partial charge in [0.15, 0.2) is 0 Å². The molecule has 2 heterocycles. The number of allylic oxidation sites excluding steroid dienone is 1. The van der Waals surface area contributed by atoms with Crippen LogP contribution in [0.1, 0.15) is 45.2 Å². The van der Waals surface area contributed by atoms with E-state index in [1.54, 1.807) is 11.9 Å². The van der Waals surface area contributed by atoms with Gasteiger partial charge in [-0.05, 0) is 30.6 Å². The van der Waals surface area contributed by atoms with Crippen molar-refractivity contribution in [3.8, 4) is 0 Å². The molecule has 0 amide bonds. The molecule has 1 saturated heterocycles. The molecule has 2 aliphatic carbocycles. The Kier molecular flexibility index (Phi) is 4.44. The number of aromatic amines is 1. The second-order valence-corrected chi connectivity index (χ2v) is 8.37. The van der Waals surface area contributed by atoms with Crippen LogP contribution in [0.5, 0.6) is 0 Å². The molecule has 1 aliphatic heterocycles. The zero-order valence-electron chi connectivity index (χ0n) is 15.3. The number of nitrogens with zero attached hydrogens (tertiary/aromatic N) is 1. The van der Waals surface area contributed by atoms with E-state index >= 15 is 0 Å². The maximum absolute atomic E-state index is 12.4. The number of fused-ring (bicyclic) bond motifs is 2. The molecule has 0 radical (unpaired) electrons. The molecule has 5 nitrogen and oxygen atoms in total. The predicted molar refractivity (Wildman–Crippen MR) is 95.8 cm³/mol. The molecule has 2 N–H and O–H groups in total. The molecule has 2 fully saturated rings. The number of aromatic nitrogens is 2. The molecular weight excluding hydrogens is 314 g/mol. The molecule has 1 aromatic heterocycles. The highest BCUT2D eigenvalue weighted by atomic mass is 16.6. The minimum absolute atomic E-state index is 0.0178. The van der Waals surface area contributed by atoms with E-state index < -0.39 is 0 Å². The Hall–Kier alpha value is -1.62. The van der Waals surface area contributed by atoms with Crippen LogP contribution in [0, 0.1) is 23.2 Å². The summed E-state index contributed by atoms with van der Waals surface area (Å²) in [6, 6.07) is 0. The summed E-state index contributed by atoms with van der Waals surface area (Å²) < 4.78 is 5.79. The maximum Gasteiger partial charge on any atom is 0.311 e. The summed E-state index contributed by atoms with van der Waals surface area (Å²) in [5.41, 5.74) is 2.94. The number of nitrogens with one attached hydrogen (secondary N) is 2. The van der Waals surface area contributed by atoms with Crippen LogP contribution in [0.25, 0.3) is 0 Å². The third-order valence-electron chi connectivity index (χ3n) is 6.57. The van der Waals surface area contributed by atoms with E-state index in [1.807, 2.05) is 6.20 Å². The second-order valence-electron chi connectivity index (χ2n) is 8.37. The van der Waals surface area contributed by atoms with Crippen molar-refractivity contribution >= 4 is 5.97 Å². The van der Waals surface area contributed by atoms with Crippen molar-refractivity contribution < 1.29 is 9.53 Å². The summed E-state index contributed by atoms with van der Waals surface area (Å²) in [6.07, 6.45) is 11.7. The molecule has 4 rings (SSSR count). The Labute approximate surface area is 149 Å². The molecule has 1 aromatic rings. The highest BCUT2D eigenvalue weighted by Crippen LogP contribution is 2.53.